The summed E-state index contributed by atoms with van der Waals surface area (Å²) in [6, 6.07) is 20.9. The fraction of sp³-hybridized carbons (Fsp3) is 0.0400. The van der Waals surface area contributed by atoms with Gasteiger partial charge in [-0.3, -0.25) is 9.89 Å². The van der Waals surface area contributed by atoms with Crippen LogP contribution in [-0.4, -0.2) is 21.9 Å². The molecule has 11 heteroatoms. The number of thiazole rings is 1. The molecule has 180 valence electrons. The van der Waals surface area contributed by atoms with Crippen LogP contribution in [0.4, 0.5) is 11.4 Å². The van der Waals surface area contributed by atoms with Crippen LogP contribution in [0.25, 0.3) is 27.6 Å². The molecule has 0 radical (unpaired) electrons. The summed E-state index contributed by atoms with van der Waals surface area (Å²) in [6.45, 7) is 0. The molecule has 0 atom stereocenters. The van der Waals surface area contributed by atoms with E-state index in [1.54, 1.807) is 7.11 Å². The molecule has 2 aromatic heterocycles. The molecular weight excluding hydrogens is 674 g/mol. The lowest BCUT2D eigenvalue weighted by atomic mass is 10.1. The first kappa shape index (κ1) is 24.8. The first-order valence-corrected chi connectivity index (χ1v) is 13.8. The molecule has 7 nitrogen and oxygen atoms in total. The standard InChI is InChI=1S/C25H16Br3N5O2S/c1-35-17-9-7-14(8-10-17)20-13-36-25(29-20)33-24(34)23(21(32-33)15-5-3-2-4-6-15)31-30-22-18(27)11-16(26)12-19(22)28/h2-13,32H,1H3. The minimum Gasteiger partial charge on any atom is -0.497 e. The van der Waals surface area contributed by atoms with Crippen molar-refractivity contribution < 1.29 is 4.74 Å². The molecule has 0 spiro atoms. The van der Waals surface area contributed by atoms with Crippen LogP contribution in [0.3, 0.4) is 0 Å². The summed E-state index contributed by atoms with van der Waals surface area (Å²) in [5.41, 5.74) is 3.44. The highest BCUT2D eigenvalue weighted by Gasteiger charge is 2.19. The van der Waals surface area contributed by atoms with Crippen molar-refractivity contribution >= 4 is 70.5 Å². The summed E-state index contributed by atoms with van der Waals surface area (Å²) in [7, 11) is 1.63. The first-order valence-electron chi connectivity index (χ1n) is 10.5. The molecule has 0 aliphatic rings. The first-order chi connectivity index (χ1) is 17.4. The van der Waals surface area contributed by atoms with Gasteiger partial charge in [0.2, 0.25) is 5.13 Å². The summed E-state index contributed by atoms with van der Waals surface area (Å²) >= 11 is 11.8. The number of hydrogen-bond acceptors (Lipinski definition) is 6. The predicted octanol–water partition coefficient (Wildman–Crippen LogP) is 8.67. The number of benzene rings is 3. The number of rotatable bonds is 6. The molecule has 0 aliphatic heterocycles. The highest BCUT2D eigenvalue weighted by Crippen LogP contribution is 2.38. The van der Waals surface area contributed by atoms with Crippen molar-refractivity contribution in [3.8, 4) is 33.4 Å². The molecule has 36 heavy (non-hydrogen) atoms. The molecule has 5 aromatic rings. The van der Waals surface area contributed by atoms with Crippen molar-refractivity contribution in [3.63, 3.8) is 0 Å². The van der Waals surface area contributed by atoms with Gasteiger partial charge in [0.25, 0.3) is 0 Å². The van der Waals surface area contributed by atoms with Crippen molar-refractivity contribution in [2.75, 3.05) is 7.11 Å². The van der Waals surface area contributed by atoms with Crippen molar-refractivity contribution in [2.45, 2.75) is 0 Å². The summed E-state index contributed by atoms with van der Waals surface area (Å²) < 4.78 is 8.98. The molecule has 0 saturated heterocycles. The van der Waals surface area contributed by atoms with Crippen LogP contribution in [0.15, 0.2) is 101 Å². The fourth-order valence-electron chi connectivity index (χ4n) is 3.45. The number of methoxy groups -OCH3 is 1. The normalized spacial score (nSPS) is 11.3. The Morgan fingerprint density at radius 2 is 1.58 bits per heavy atom. The molecule has 3 aromatic carbocycles. The maximum atomic E-state index is 13.5. The summed E-state index contributed by atoms with van der Waals surface area (Å²) in [6.07, 6.45) is 0. The summed E-state index contributed by atoms with van der Waals surface area (Å²) in [4.78, 5) is 18.2. The van der Waals surface area contributed by atoms with Crippen LogP contribution in [-0.2, 0) is 0 Å². The quantitative estimate of drug-likeness (QED) is 0.181. The number of ether oxygens (including phenoxy) is 1. The predicted molar refractivity (Wildman–Crippen MR) is 153 cm³/mol. The Morgan fingerprint density at radius 1 is 0.917 bits per heavy atom. The summed E-state index contributed by atoms with van der Waals surface area (Å²) in [5.74, 6) is 0.765. The van der Waals surface area contributed by atoms with Crippen LogP contribution in [0.2, 0.25) is 0 Å². The van der Waals surface area contributed by atoms with E-state index in [0.29, 0.717) is 16.5 Å². The SMILES string of the molecule is COc1ccc(-c2csc(-n3[nH]c(-c4ccccc4)c(N=Nc4c(Br)cc(Br)cc4Br)c3=O)n2)cc1. The number of nitrogens with zero attached hydrogens (tertiary/aromatic N) is 4. The van der Waals surface area contributed by atoms with E-state index in [9.17, 15) is 4.79 Å². The average molecular weight is 690 g/mol. The number of azo groups is 1. The van der Waals surface area contributed by atoms with Gasteiger partial charge in [0.1, 0.15) is 11.4 Å². The van der Waals surface area contributed by atoms with Crippen LogP contribution in [0.1, 0.15) is 0 Å². The average Bonchev–Trinajstić information content (AvgIpc) is 3.49. The van der Waals surface area contributed by atoms with E-state index in [4.69, 9.17) is 4.74 Å². The largest absolute Gasteiger partial charge is 0.497 e. The fourth-order valence-corrected chi connectivity index (χ4v) is 6.66. The molecule has 5 rings (SSSR count). The van der Waals surface area contributed by atoms with Crippen LogP contribution in [0, 0.1) is 0 Å². The topological polar surface area (TPSA) is 84.6 Å². The van der Waals surface area contributed by atoms with Crippen molar-refractivity contribution in [2.24, 2.45) is 10.2 Å². The van der Waals surface area contributed by atoms with Crippen LogP contribution >= 0.6 is 59.1 Å². The molecule has 0 aliphatic carbocycles. The lowest BCUT2D eigenvalue weighted by Gasteiger charge is -2.02. The second kappa shape index (κ2) is 10.6. The van der Waals surface area contributed by atoms with Gasteiger partial charge in [0.05, 0.1) is 18.5 Å². The molecule has 0 saturated carbocycles. The Kier molecular flexibility index (Phi) is 7.33. The van der Waals surface area contributed by atoms with Gasteiger partial charge in [0.15, 0.2) is 5.69 Å². The number of nitrogens with one attached hydrogen (secondary N) is 1. The van der Waals surface area contributed by atoms with Gasteiger partial charge in [-0.2, -0.15) is 4.68 Å². The second-order valence-corrected chi connectivity index (χ2v) is 11.0. The Morgan fingerprint density at radius 3 is 2.25 bits per heavy atom. The third-order valence-electron chi connectivity index (χ3n) is 5.23. The lowest BCUT2D eigenvalue weighted by Crippen LogP contribution is -2.13. The highest BCUT2D eigenvalue weighted by molar-refractivity contribution is 9.11. The van der Waals surface area contributed by atoms with E-state index in [2.05, 4.69) is 68.1 Å². The molecule has 0 amide bonds. The molecular formula is C25H16Br3N5O2S. The van der Waals surface area contributed by atoms with Gasteiger partial charge in [-0.15, -0.1) is 21.6 Å². The number of halogens is 3. The Labute approximate surface area is 235 Å². The number of aromatic nitrogens is 3. The highest BCUT2D eigenvalue weighted by atomic mass is 79.9. The third kappa shape index (κ3) is 5.01. The Hall–Kier alpha value is -2.86. The summed E-state index contributed by atoms with van der Waals surface area (Å²) in [5, 5.41) is 14.4. The number of H-pyrrole nitrogens is 1. The third-order valence-corrected chi connectivity index (χ3v) is 7.72. The lowest BCUT2D eigenvalue weighted by molar-refractivity contribution is 0.415. The van der Waals surface area contributed by atoms with E-state index >= 15 is 0 Å². The smallest absolute Gasteiger partial charge is 0.301 e. The monoisotopic (exact) mass is 687 g/mol. The van der Waals surface area contributed by atoms with E-state index in [1.807, 2.05) is 72.1 Å². The molecule has 0 bridgehead atoms. The van der Waals surface area contributed by atoms with Crippen LogP contribution < -0.4 is 10.3 Å². The van der Waals surface area contributed by atoms with Crippen molar-refractivity contribution in [1.29, 1.82) is 0 Å². The zero-order valence-corrected chi connectivity index (χ0v) is 24.2. The van der Waals surface area contributed by atoms with Gasteiger partial charge in [-0.25, -0.2) is 4.98 Å². The van der Waals surface area contributed by atoms with Gasteiger partial charge in [-0.1, -0.05) is 46.3 Å². The Bertz CT molecular complexity index is 1600. The van der Waals surface area contributed by atoms with Gasteiger partial charge >= 0.3 is 5.56 Å². The second-order valence-electron chi connectivity index (χ2n) is 7.50. The van der Waals surface area contributed by atoms with E-state index < -0.39 is 0 Å². The Balaban J connectivity index is 1.59. The molecule has 0 unspecified atom stereocenters. The zero-order valence-electron chi connectivity index (χ0n) is 18.6. The maximum Gasteiger partial charge on any atom is 0.301 e. The maximum absolute atomic E-state index is 13.5. The molecule has 0 fully saturated rings. The minimum absolute atomic E-state index is 0.184. The van der Waals surface area contributed by atoms with Crippen molar-refractivity contribution in [3.05, 3.63) is 95.9 Å². The van der Waals surface area contributed by atoms with Gasteiger partial charge in [0, 0.05) is 29.9 Å². The zero-order chi connectivity index (χ0) is 25.2. The van der Waals surface area contributed by atoms with Crippen molar-refractivity contribution in [1.82, 2.24) is 14.8 Å². The molecule has 1 N–H and O–H groups in total. The van der Waals surface area contributed by atoms with E-state index in [1.165, 1.54) is 16.0 Å². The molecule has 2 heterocycles. The van der Waals surface area contributed by atoms with E-state index in [0.717, 1.165) is 36.0 Å². The minimum atomic E-state index is -0.349. The van der Waals surface area contributed by atoms with E-state index in [-0.39, 0.29) is 11.2 Å². The number of aromatic amines is 1. The van der Waals surface area contributed by atoms with Gasteiger partial charge in [-0.05, 0) is 68.3 Å². The van der Waals surface area contributed by atoms with Gasteiger partial charge < -0.3 is 4.74 Å². The number of hydrogen-bond donors (Lipinski definition) is 1. The van der Waals surface area contributed by atoms with Crippen LogP contribution in [0.5, 0.6) is 5.75 Å².